The first-order chi connectivity index (χ1) is 5.89. The van der Waals surface area contributed by atoms with Gasteiger partial charge in [0, 0.05) is 5.57 Å². The van der Waals surface area contributed by atoms with Gasteiger partial charge < -0.3 is 0 Å². The molecule has 0 aliphatic rings. The maximum atomic E-state index is 10.9. The fraction of sp³-hybridized carbons (Fsp3) is 0.571. The molecule has 0 aliphatic heterocycles. The number of carbonyl (C=O) groups is 1. The van der Waals surface area contributed by atoms with Gasteiger partial charge in [-0.1, -0.05) is 13.5 Å². The second-order valence-electron chi connectivity index (χ2n) is 2.49. The summed E-state index contributed by atoms with van der Waals surface area (Å²) in [5.74, 6) is -0.754. The van der Waals surface area contributed by atoms with Crippen molar-refractivity contribution in [1.82, 2.24) is 4.72 Å². The van der Waals surface area contributed by atoms with Crippen LogP contribution in [0.4, 0.5) is 0 Å². The zero-order valence-corrected chi connectivity index (χ0v) is 8.48. The van der Waals surface area contributed by atoms with Gasteiger partial charge in [0.05, 0.1) is 6.61 Å². The molecule has 0 rings (SSSR count). The van der Waals surface area contributed by atoms with E-state index >= 15 is 0 Å². The molecule has 0 radical (unpaired) electrons. The van der Waals surface area contributed by atoms with Crippen molar-refractivity contribution < 1.29 is 17.4 Å². The van der Waals surface area contributed by atoms with Crippen molar-refractivity contribution in [3.05, 3.63) is 12.2 Å². The van der Waals surface area contributed by atoms with Gasteiger partial charge in [-0.15, -0.1) is 0 Å². The van der Waals surface area contributed by atoms with Crippen molar-refractivity contribution in [1.29, 1.82) is 0 Å². The molecular weight excluding hydrogens is 217 g/mol. The van der Waals surface area contributed by atoms with E-state index in [2.05, 4.69) is 10.8 Å². The maximum absolute atomic E-state index is 10.9. The first kappa shape index (κ1) is 16.5. The number of hydrogen-bond donors (Lipinski definition) is 1. The second-order valence-corrected chi connectivity index (χ2v) is 3.84. The van der Waals surface area contributed by atoms with E-state index in [0.29, 0.717) is 6.42 Å². The zero-order chi connectivity index (χ0) is 10.5. The van der Waals surface area contributed by atoms with Gasteiger partial charge >= 0.3 is 39.9 Å². The van der Waals surface area contributed by atoms with Gasteiger partial charge in [-0.3, -0.25) is 8.98 Å². The molecule has 0 aromatic heterocycles. The SMILES string of the molecule is C=C(C)C(=O)NS(=O)(=O)OCCC.[NaH]. The van der Waals surface area contributed by atoms with Crippen molar-refractivity contribution in [2.75, 3.05) is 6.61 Å². The molecule has 0 aliphatic carbocycles. The minimum absolute atomic E-state index is 0. The molecule has 0 bridgehead atoms. The molecule has 0 atom stereocenters. The van der Waals surface area contributed by atoms with Crippen LogP contribution in [0.25, 0.3) is 0 Å². The molecule has 1 amide bonds. The Bertz CT molecular complexity index is 299. The summed E-state index contributed by atoms with van der Waals surface area (Å²) < 4.78 is 27.9. The van der Waals surface area contributed by atoms with Gasteiger partial charge in [0.2, 0.25) is 0 Å². The second kappa shape index (κ2) is 7.42. The van der Waals surface area contributed by atoms with Crippen molar-refractivity contribution in [2.24, 2.45) is 0 Å². The van der Waals surface area contributed by atoms with Crippen molar-refractivity contribution in [3.63, 3.8) is 0 Å². The van der Waals surface area contributed by atoms with Gasteiger partial charge in [-0.2, -0.15) is 8.42 Å². The van der Waals surface area contributed by atoms with E-state index in [0.717, 1.165) is 0 Å². The van der Waals surface area contributed by atoms with Crippen LogP contribution in [0.15, 0.2) is 12.2 Å². The van der Waals surface area contributed by atoms with E-state index in [1.165, 1.54) is 6.92 Å². The van der Waals surface area contributed by atoms with Gasteiger partial charge in [0.15, 0.2) is 0 Å². The van der Waals surface area contributed by atoms with Crippen molar-refractivity contribution in [2.45, 2.75) is 20.3 Å². The number of carbonyl (C=O) groups excluding carboxylic acids is 1. The summed E-state index contributed by atoms with van der Waals surface area (Å²) in [6.07, 6.45) is 0.558. The topological polar surface area (TPSA) is 72.5 Å². The van der Waals surface area contributed by atoms with E-state index in [9.17, 15) is 13.2 Å². The quantitative estimate of drug-likeness (QED) is 0.521. The molecule has 5 nitrogen and oxygen atoms in total. The minimum atomic E-state index is -3.95. The molecule has 0 spiro atoms. The van der Waals surface area contributed by atoms with Crippen LogP contribution in [0.2, 0.25) is 0 Å². The third-order valence-corrected chi connectivity index (χ3v) is 1.96. The first-order valence-electron chi connectivity index (χ1n) is 3.76. The average molecular weight is 231 g/mol. The molecule has 1 N–H and O–H groups in total. The van der Waals surface area contributed by atoms with Crippen LogP contribution in [0.1, 0.15) is 20.3 Å². The Morgan fingerprint density at radius 3 is 2.36 bits per heavy atom. The Hall–Kier alpha value is 0.120. The van der Waals surface area contributed by atoms with Crippen LogP contribution in [0.5, 0.6) is 0 Å². The fourth-order valence-electron chi connectivity index (χ4n) is 0.423. The predicted molar refractivity (Wildman–Crippen MR) is 55.3 cm³/mol. The summed E-state index contributed by atoms with van der Waals surface area (Å²) >= 11 is 0. The third kappa shape index (κ3) is 7.52. The van der Waals surface area contributed by atoms with Crippen LogP contribution in [0.3, 0.4) is 0 Å². The zero-order valence-electron chi connectivity index (χ0n) is 7.66. The van der Waals surface area contributed by atoms with E-state index < -0.39 is 16.2 Å². The van der Waals surface area contributed by atoms with Crippen LogP contribution < -0.4 is 4.72 Å². The van der Waals surface area contributed by atoms with E-state index in [-0.39, 0.29) is 41.7 Å². The first-order valence-corrected chi connectivity index (χ1v) is 5.17. The van der Waals surface area contributed by atoms with Crippen LogP contribution >= 0.6 is 0 Å². The normalized spacial score (nSPS) is 10.1. The molecule has 7 heteroatoms. The summed E-state index contributed by atoms with van der Waals surface area (Å²) in [7, 11) is -3.95. The Kier molecular flexibility index (Phi) is 8.77. The van der Waals surface area contributed by atoms with Crippen LogP contribution in [-0.2, 0) is 19.3 Å². The number of hydrogen-bond acceptors (Lipinski definition) is 4. The number of nitrogens with one attached hydrogen (secondary N) is 1. The summed E-state index contributed by atoms with van der Waals surface area (Å²) in [5.41, 5.74) is 0.115. The fourth-order valence-corrected chi connectivity index (χ4v) is 1.27. The Labute approximate surface area is 106 Å². The van der Waals surface area contributed by atoms with E-state index in [1.54, 1.807) is 11.6 Å². The Morgan fingerprint density at radius 1 is 1.50 bits per heavy atom. The number of amides is 1. The van der Waals surface area contributed by atoms with Crippen molar-refractivity contribution >= 4 is 45.8 Å². The molecule has 0 saturated heterocycles. The van der Waals surface area contributed by atoms with Gasteiger partial charge in [-0.25, -0.2) is 4.72 Å². The average Bonchev–Trinajstić information content (AvgIpc) is 2.00. The molecule has 0 saturated carbocycles. The van der Waals surface area contributed by atoms with E-state index in [1.807, 2.05) is 0 Å². The molecule has 14 heavy (non-hydrogen) atoms. The van der Waals surface area contributed by atoms with Gasteiger partial charge in [0.25, 0.3) is 5.91 Å². The molecule has 0 fully saturated rings. The molecular formula is C7H14NNaO4S. The van der Waals surface area contributed by atoms with Gasteiger partial charge in [-0.05, 0) is 13.3 Å². The standard InChI is InChI=1S/C7H13NO4S.Na.H/c1-4-5-12-13(10,11)8-7(9)6(2)3;;/h2,4-5H2,1,3H3,(H,8,9);;. The summed E-state index contributed by atoms with van der Waals surface area (Å²) in [6.45, 7) is 6.51. The third-order valence-electron chi connectivity index (χ3n) is 1.05. The van der Waals surface area contributed by atoms with Crippen LogP contribution in [0, 0.1) is 0 Å². The molecule has 0 aromatic rings. The summed E-state index contributed by atoms with van der Waals surface area (Å²) in [6, 6.07) is 0. The summed E-state index contributed by atoms with van der Waals surface area (Å²) in [5, 5.41) is 0. The molecule has 0 aromatic carbocycles. The summed E-state index contributed by atoms with van der Waals surface area (Å²) in [4.78, 5) is 10.9. The van der Waals surface area contributed by atoms with Crippen molar-refractivity contribution in [3.8, 4) is 0 Å². The van der Waals surface area contributed by atoms with Gasteiger partial charge in [0.1, 0.15) is 0 Å². The monoisotopic (exact) mass is 231 g/mol. The molecule has 78 valence electrons. The predicted octanol–water partition coefficient (Wildman–Crippen LogP) is -0.298. The van der Waals surface area contributed by atoms with E-state index in [4.69, 9.17) is 0 Å². The Morgan fingerprint density at radius 2 is 2.00 bits per heavy atom. The Balaban J connectivity index is 0. The molecule has 0 heterocycles. The molecule has 0 unspecified atom stereocenters. The number of rotatable bonds is 5. The van der Waals surface area contributed by atoms with Crippen LogP contribution in [-0.4, -0.2) is 50.5 Å².